The third-order valence-corrected chi connectivity index (χ3v) is 2.79. The molecule has 4 nitrogen and oxygen atoms in total. The Morgan fingerprint density at radius 1 is 1.25 bits per heavy atom. The van der Waals surface area contributed by atoms with Gasteiger partial charge in [0.15, 0.2) is 5.82 Å². The minimum atomic E-state index is -0.0435. The van der Waals surface area contributed by atoms with Gasteiger partial charge in [-0.1, -0.05) is 25.9 Å². The number of hydrogen-bond acceptors (Lipinski definition) is 4. The second kappa shape index (κ2) is 5.15. The number of piperidine rings is 1. The largest absolute Gasteiger partial charge is 0.339 e. The fourth-order valence-corrected chi connectivity index (χ4v) is 1.79. The van der Waals surface area contributed by atoms with Gasteiger partial charge in [0.05, 0.1) is 0 Å². The van der Waals surface area contributed by atoms with Crippen LogP contribution in [0.4, 0.5) is 0 Å². The molecule has 2 rings (SSSR count). The third kappa shape index (κ3) is 2.95. The van der Waals surface area contributed by atoms with E-state index < -0.39 is 0 Å². The van der Waals surface area contributed by atoms with E-state index in [2.05, 4.69) is 36.2 Å². The van der Waals surface area contributed by atoms with Crippen molar-refractivity contribution in [2.24, 2.45) is 0 Å². The molecule has 0 unspecified atom stereocenters. The van der Waals surface area contributed by atoms with Crippen LogP contribution in [0.2, 0.25) is 0 Å². The molecule has 1 aromatic heterocycles. The Labute approximate surface area is 103 Å². The first-order valence-corrected chi connectivity index (χ1v) is 5.62. The predicted molar refractivity (Wildman–Crippen MR) is 65.1 cm³/mol. The molecule has 1 fully saturated rings. The van der Waals surface area contributed by atoms with Crippen molar-refractivity contribution in [2.45, 2.75) is 44.9 Å². The van der Waals surface area contributed by atoms with Crippen LogP contribution in [0.5, 0.6) is 0 Å². The zero-order valence-electron chi connectivity index (χ0n) is 10.1. The van der Waals surface area contributed by atoms with Gasteiger partial charge in [-0.05, 0) is 25.9 Å². The molecule has 0 aliphatic carbocycles. The first-order valence-electron chi connectivity index (χ1n) is 5.62. The standard InChI is InChI=1S/C11H19N3O.ClH/c1-11(2,3)10-13-9(14-15-10)8-4-6-12-7-5-8;/h8,12H,4-7H2,1-3H3;1H. The Bertz CT molecular complexity index is 326. The highest BCUT2D eigenvalue weighted by atomic mass is 35.5. The number of nitrogens with one attached hydrogen (secondary N) is 1. The minimum Gasteiger partial charge on any atom is -0.339 e. The average molecular weight is 246 g/mol. The Morgan fingerprint density at radius 3 is 2.38 bits per heavy atom. The molecule has 1 aromatic rings. The van der Waals surface area contributed by atoms with Gasteiger partial charge in [0.25, 0.3) is 0 Å². The second-order valence-corrected chi connectivity index (χ2v) is 5.23. The molecule has 0 radical (unpaired) electrons. The Balaban J connectivity index is 0.00000128. The van der Waals surface area contributed by atoms with Crippen LogP contribution in [0, 0.1) is 0 Å². The zero-order chi connectivity index (χ0) is 10.9. The predicted octanol–water partition coefficient (Wildman–Crippen LogP) is 2.26. The summed E-state index contributed by atoms with van der Waals surface area (Å²) < 4.78 is 5.30. The maximum Gasteiger partial charge on any atom is 0.232 e. The SMILES string of the molecule is CC(C)(C)c1nc(C2CCNCC2)no1.Cl. The third-order valence-electron chi connectivity index (χ3n) is 2.79. The highest BCUT2D eigenvalue weighted by Gasteiger charge is 2.25. The summed E-state index contributed by atoms with van der Waals surface area (Å²) in [6, 6.07) is 0. The maximum absolute atomic E-state index is 5.30. The summed E-state index contributed by atoms with van der Waals surface area (Å²) in [6.07, 6.45) is 2.23. The van der Waals surface area contributed by atoms with Gasteiger partial charge < -0.3 is 9.84 Å². The van der Waals surface area contributed by atoms with Gasteiger partial charge in [0.1, 0.15) is 0 Å². The molecule has 5 heteroatoms. The molecular weight excluding hydrogens is 226 g/mol. The van der Waals surface area contributed by atoms with Crippen molar-refractivity contribution >= 4 is 12.4 Å². The quantitative estimate of drug-likeness (QED) is 0.825. The van der Waals surface area contributed by atoms with Gasteiger partial charge in [0.2, 0.25) is 5.89 Å². The van der Waals surface area contributed by atoms with E-state index in [0.717, 1.165) is 37.6 Å². The van der Waals surface area contributed by atoms with Gasteiger partial charge in [-0.3, -0.25) is 0 Å². The fourth-order valence-electron chi connectivity index (χ4n) is 1.79. The van der Waals surface area contributed by atoms with Crippen molar-refractivity contribution in [3.63, 3.8) is 0 Å². The number of nitrogens with zero attached hydrogens (tertiary/aromatic N) is 2. The summed E-state index contributed by atoms with van der Waals surface area (Å²) in [5, 5.41) is 7.43. The topological polar surface area (TPSA) is 51.0 Å². The van der Waals surface area contributed by atoms with Crippen molar-refractivity contribution in [1.82, 2.24) is 15.5 Å². The molecular formula is C11H20ClN3O. The lowest BCUT2D eigenvalue weighted by Crippen LogP contribution is -2.27. The Morgan fingerprint density at radius 2 is 1.88 bits per heavy atom. The molecule has 0 saturated carbocycles. The van der Waals surface area contributed by atoms with Gasteiger partial charge >= 0.3 is 0 Å². The molecule has 1 saturated heterocycles. The first-order chi connectivity index (χ1) is 7.07. The molecule has 2 heterocycles. The molecule has 0 spiro atoms. The van der Waals surface area contributed by atoms with E-state index in [9.17, 15) is 0 Å². The summed E-state index contributed by atoms with van der Waals surface area (Å²) in [6.45, 7) is 8.39. The lowest BCUT2D eigenvalue weighted by atomic mass is 9.95. The van der Waals surface area contributed by atoms with E-state index in [1.807, 2.05) is 0 Å². The normalized spacial score (nSPS) is 18.2. The van der Waals surface area contributed by atoms with Gasteiger partial charge in [-0.25, -0.2) is 0 Å². The van der Waals surface area contributed by atoms with Gasteiger partial charge in [0, 0.05) is 11.3 Å². The summed E-state index contributed by atoms with van der Waals surface area (Å²) in [5.74, 6) is 2.11. The molecule has 0 atom stereocenters. The summed E-state index contributed by atoms with van der Waals surface area (Å²) in [4.78, 5) is 4.50. The smallest absolute Gasteiger partial charge is 0.232 e. The molecule has 92 valence electrons. The number of hydrogen-bond donors (Lipinski definition) is 1. The average Bonchev–Trinajstić information content (AvgIpc) is 2.67. The van der Waals surface area contributed by atoms with Crippen LogP contribution in [0.15, 0.2) is 4.52 Å². The first kappa shape index (κ1) is 13.5. The highest BCUT2D eigenvalue weighted by molar-refractivity contribution is 5.85. The van der Waals surface area contributed by atoms with Gasteiger partial charge in [-0.15, -0.1) is 12.4 Å². The summed E-state index contributed by atoms with van der Waals surface area (Å²) in [7, 11) is 0. The van der Waals surface area contributed by atoms with Crippen LogP contribution in [-0.4, -0.2) is 23.2 Å². The summed E-state index contributed by atoms with van der Waals surface area (Å²) >= 11 is 0. The fraction of sp³-hybridized carbons (Fsp3) is 0.818. The van der Waals surface area contributed by atoms with Crippen molar-refractivity contribution in [1.29, 1.82) is 0 Å². The molecule has 0 bridgehead atoms. The van der Waals surface area contributed by atoms with Crippen LogP contribution >= 0.6 is 12.4 Å². The lowest BCUT2D eigenvalue weighted by molar-refractivity contribution is 0.314. The van der Waals surface area contributed by atoms with Crippen molar-refractivity contribution in [2.75, 3.05) is 13.1 Å². The molecule has 0 aromatic carbocycles. The molecule has 0 amide bonds. The van der Waals surface area contributed by atoms with E-state index in [0.29, 0.717) is 5.92 Å². The van der Waals surface area contributed by atoms with Crippen molar-refractivity contribution < 1.29 is 4.52 Å². The van der Waals surface area contributed by atoms with Crippen LogP contribution in [0.25, 0.3) is 0 Å². The van der Waals surface area contributed by atoms with E-state index in [4.69, 9.17) is 4.52 Å². The van der Waals surface area contributed by atoms with Crippen LogP contribution in [-0.2, 0) is 5.41 Å². The maximum atomic E-state index is 5.30. The van der Waals surface area contributed by atoms with Crippen LogP contribution in [0.1, 0.15) is 51.2 Å². The molecule has 1 aliphatic heterocycles. The Kier molecular flexibility index (Phi) is 4.33. The zero-order valence-corrected chi connectivity index (χ0v) is 10.9. The van der Waals surface area contributed by atoms with Crippen LogP contribution in [0.3, 0.4) is 0 Å². The van der Waals surface area contributed by atoms with Crippen molar-refractivity contribution in [3.8, 4) is 0 Å². The molecule has 16 heavy (non-hydrogen) atoms. The Hall–Kier alpha value is -0.610. The minimum absolute atomic E-state index is 0. The van der Waals surface area contributed by atoms with E-state index >= 15 is 0 Å². The number of halogens is 1. The van der Waals surface area contributed by atoms with E-state index in [-0.39, 0.29) is 17.8 Å². The number of aromatic nitrogens is 2. The highest BCUT2D eigenvalue weighted by Crippen LogP contribution is 2.26. The molecule has 1 aliphatic rings. The lowest BCUT2D eigenvalue weighted by Gasteiger charge is -2.19. The monoisotopic (exact) mass is 245 g/mol. The van der Waals surface area contributed by atoms with E-state index in [1.165, 1.54) is 0 Å². The number of rotatable bonds is 1. The van der Waals surface area contributed by atoms with E-state index in [1.54, 1.807) is 0 Å². The van der Waals surface area contributed by atoms with Crippen LogP contribution < -0.4 is 5.32 Å². The van der Waals surface area contributed by atoms with Gasteiger partial charge in [-0.2, -0.15) is 4.98 Å². The molecule has 1 N–H and O–H groups in total. The van der Waals surface area contributed by atoms with Crippen molar-refractivity contribution in [3.05, 3.63) is 11.7 Å². The second-order valence-electron chi connectivity index (χ2n) is 5.23. The summed E-state index contributed by atoms with van der Waals surface area (Å²) in [5.41, 5.74) is -0.0435.